The Hall–Kier alpha value is -3.27. The molecule has 0 bridgehead atoms. The quantitative estimate of drug-likeness (QED) is 0.551. The highest BCUT2D eigenvalue weighted by atomic mass is 32.2. The largest absolute Gasteiger partial charge is 0.317 e. The maximum atomic E-state index is 12.3. The summed E-state index contributed by atoms with van der Waals surface area (Å²) in [6.45, 7) is 0. The van der Waals surface area contributed by atoms with Crippen LogP contribution in [0.5, 0.6) is 0 Å². The molecule has 0 radical (unpaired) electrons. The maximum absolute atomic E-state index is 12.3. The van der Waals surface area contributed by atoms with E-state index in [0.29, 0.717) is 11.5 Å². The zero-order valence-electron chi connectivity index (χ0n) is 13.0. The Bertz CT molecular complexity index is 1010. The van der Waals surface area contributed by atoms with Crippen molar-refractivity contribution in [3.05, 3.63) is 65.0 Å². The third-order valence-corrected chi connectivity index (χ3v) is 4.86. The zero-order valence-corrected chi connectivity index (χ0v) is 13.8. The molecule has 0 amide bonds. The van der Waals surface area contributed by atoms with Crippen LogP contribution in [0.25, 0.3) is 11.4 Å². The van der Waals surface area contributed by atoms with E-state index >= 15 is 0 Å². The predicted octanol–water partition coefficient (Wildman–Crippen LogP) is 2.19. The second-order valence-electron chi connectivity index (χ2n) is 5.20. The van der Waals surface area contributed by atoms with Crippen LogP contribution in [0.3, 0.4) is 0 Å². The summed E-state index contributed by atoms with van der Waals surface area (Å²) >= 11 is 0. The van der Waals surface area contributed by atoms with E-state index in [9.17, 15) is 18.5 Å². The number of sulfonamides is 1. The van der Waals surface area contributed by atoms with Crippen molar-refractivity contribution in [3.63, 3.8) is 0 Å². The average molecular weight is 359 g/mol. The number of nitrogens with zero attached hydrogens (tertiary/aromatic N) is 4. The molecule has 3 aromatic rings. The first-order valence-electron chi connectivity index (χ1n) is 7.08. The SMILES string of the molecule is Cn1cnnc1-c1ccc(NS(=O)(=O)c2ccc([N+](=O)[O-])cc2)cc1. The highest BCUT2D eigenvalue weighted by Gasteiger charge is 2.16. The van der Waals surface area contributed by atoms with Crippen LogP contribution in [-0.4, -0.2) is 28.1 Å². The normalized spacial score (nSPS) is 11.2. The van der Waals surface area contributed by atoms with Crippen LogP contribution in [0.1, 0.15) is 0 Å². The summed E-state index contributed by atoms with van der Waals surface area (Å²) < 4.78 is 28.9. The van der Waals surface area contributed by atoms with E-state index in [1.165, 1.54) is 12.1 Å². The second-order valence-corrected chi connectivity index (χ2v) is 6.88. The van der Waals surface area contributed by atoms with Crippen LogP contribution < -0.4 is 4.72 Å². The number of hydrogen-bond acceptors (Lipinski definition) is 6. The molecular weight excluding hydrogens is 346 g/mol. The third kappa shape index (κ3) is 3.48. The van der Waals surface area contributed by atoms with Gasteiger partial charge in [-0.2, -0.15) is 0 Å². The van der Waals surface area contributed by atoms with Crippen molar-refractivity contribution in [1.29, 1.82) is 0 Å². The fourth-order valence-corrected chi connectivity index (χ4v) is 3.25. The van der Waals surface area contributed by atoms with Crippen molar-refractivity contribution in [2.45, 2.75) is 4.90 Å². The summed E-state index contributed by atoms with van der Waals surface area (Å²) in [5.41, 5.74) is 0.981. The first-order chi connectivity index (χ1) is 11.9. The van der Waals surface area contributed by atoms with Gasteiger partial charge in [-0.3, -0.25) is 14.8 Å². The van der Waals surface area contributed by atoms with Crippen molar-refractivity contribution in [1.82, 2.24) is 14.8 Å². The van der Waals surface area contributed by atoms with Crippen LogP contribution in [-0.2, 0) is 17.1 Å². The standard InChI is InChI=1S/C15H13N5O4S/c1-19-10-16-17-15(19)11-2-4-12(5-3-11)18-25(23,24)14-8-6-13(7-9-14)20(21)22/h2-10,18H,1H3. The molecule has 0 aliphatic carbocycles. The van der Waals surface area contributed by atoms with Gasteiger partial charge in [0.05, 0.1) is 9.82 Å². The summed E-state index contributed by atoms with van der Waals surface area (Å²) in [6, 6.07) is 11.3. The predicted molar refractivity (Wildman–Crippen MR) is 90.3 cm³/mol. The van der Waals surface area contributed by atoms with E-state index in [2.05, 4.69) is 14.9 Å². The molecule has 0 unspecified atom stereocenters. The summed E-state index contributed by atoms with van der Waals surface area (Å²) in [5.74, 6) is 0.657. The Morgan fingerprint density at radius 1 is 1.08 bits per heavy atom. The molecule has 0 atom stereocenters. The number of benzene rings is 2. The highest BCUT2D eigenvalue weighted by Crippen LogP contribution is 2.22. The average Bonchev–Trinajstić information content (AvgIpc) is 3.01. The number of rotatable bonds is 5. The number of anilines is 1. The van der Waals surface area contributed by atoms with E-state index in [1.54, 1.807) is 42.2 Å². The van der Waals surface area contributed by atoms with Crippen molar-refractivity contribution in [3.8, 4) is 11.4 Å². The first kappa shape index (κ1) is 16.6. The van der Waals surface area contributed by atoms with Gasteiger partial charge in [0.1, 0.15) is 6.33 Å². The number of nitro benzene ring substituents is 1. The Labute approximate surface area is 143 Å². The molecule has 0 spiro atoms. The maximum Gasteiger partial charge on any atom is 0.269 e. The molecule has 0 aliphatic rings. The molecule has 10 heteroatoms. The van der Waals surface area contributed by atoms with Crippen LogP contribution >= 0.6 is 0 Å². The molecule has 0 fully saturated rings. The van der Waals surface area contributed by atoms with Crippen molar-refractivity contribution in [2.75, 3.05) is 4.72 Å². The Morgan fingerprint density at radius 3 is 2.24 bits per heavy atom. The van der Waals surface area contributed by atoms with E-state index in [1.807, 2.05) is 0 Å². The minimum Gasteiger partial charge on any atom is -0.317 e. The monoisotopic (exact) mass is 359 g/mol. The van der Waals surface area contributed by atoms with E-state index in [0.717, 1.165) is 17.7 Å². The zero-order chi connectivity index (χ0) is 18.0. The highest BCUT2D eigenvalue weighted by molar-refractivity contribution is 7.92. The summed E-state index contributed by atoms with van der Waals surface area (Å²) in [6.07, 6.45) is 1.57. The summed E-state index contributed by atoms with van der Waals surface area (Å²) in [7, 11) is -2.03. The number of aromatic nitrogens is 3. The second kappa shape index (κ2) is 6.32. The Morgan fingerprint density at radius 2 is 1.72 bits per heavy atom. The van der Waals surface area contributed by atoms with E-state index < -0.39 is 14.9 Å². The van der Waals surface area contributed by atoms with Gasteiger partial charge in [-0.15, -0.1) is 10.2 Å². The number of nitro groups is 1. The molecule has 128 valence electrons. The lowest BCUT2D eigenvalue weighted by molar-refractivity contribution is -0.384. The van der Waals surface area contributed by atoms with Crippen molar-refractivity contribution in [2.24, 2.45) is 7.05 Å². The molecular formula is C15H13N5O4S. The third-order valence-electron chi connectivity index (χ3n) is 3.46. The summed E-state index contributed by atoms with van der Waals surface area (Å²) in [5, 5.41) is 18.4. The molecule has 9 nitrogen and oxygen atoms in total. The van der Waals surface area contributed by atoms with Gasteiger partial charge in [0, 0.05) is 30.4 Å². The fourth-order valence-electron chi connectivity index (χ4n) is 2.19. The minimum atomic E-state index is -3.84. The van der Waals surface area contributed by atoms with Gasteiger partial charge in [-0.1, -0.05) is 0 Å². The molecule has 2 aromatic carbocycles. The molecule has 3 rings (SSSR count). The lowest BCUT2D eigenvalue weighted by Gasteiger charge is -2.08. The van der Waals surface area contributed by atoms with Crippen molar-refractivity contribution < 1.29 is 13.3 Å². The first-order valence-corrected chi connectivity index (χ1v) is 8.57. The van der Waals surface area contributed by atoms with Crippen LogP contribution in [0.2, 0.25) is 0 Å². The van der Waals surface area contributed by atoms with E-state index in [4.69, 9.17) is 0 Å². The van der Waals surface area contributed by atoms with Gasteiger partial charge in [0.25, 0.3) is 15.7 Å². The van der Waals surface area contributed by atoms with Crippen LogP contribution in [0.4, 0.5) is 11.4 Å². The molecule has 1 heterocycles. The summed E-state index contributed by atoms with van der Waals surface area (Å²) in [4.78, 5) is 9.99. The Balaban J connectivity index is 1.81. The van der Waals surface area contributed by atoms with Gasteiger partial charge < -0.3 is 4.57 Å². The van der Waals surface area contributed by atoms with Gasteiger partial charge in [-0.05, 0) is 36.4 Å². The lowest BCUT2D eigenvalue weighted by Crippen LogP contribution is -2.12. The number of nitrogens with one attached hydrogen (secondary N) is 1. The molecule has 0 saturated carbocycles. The number of non-ortho nitro benzene ring substituents is 1. The van der Waals surface area contributed by atoms with Crippen LogP contribution in [0.15, 0.2) is 59.8 Å². The smallest absolute Gasteiger partial charge is 0.269 e. The topological polar surface area (TPSA) is 120 Å². The lowest BCUT2D eigenvalue weighted by atomic mass is 10.2. The molecule has 1 aromatic heterocycles. The fraction of sp³-hybridized carbons (Fsp3) is 0.0667. The Kier molecular flexibility index (Phi) is 4.19. The van der Waals surface area contributed by atoms with E-state index in [-0.39, 0.29) is 10.6 Å². The molecule has 1 N–H and O–H groups in total. The number of aryl methyl sites for hydroxylation is 1. The van der Waals surface area contributed by atoms with Gasteiger partial charge in [0.2, 0.25) is 0 Å². The van der Waals surface area contributed by atoms with Gasteiger partial charge in [-0.25, -0.2) is 8.42 Å². The van der Waals surface area contributed by atoms with Gasteiger partial charge >= 0.3 is 0 Å². The van der Waals surface area contributed by atoms with Crippen LogP contribution in [0, 0.1) is 10.1 Å². The molecule has 0 aliphatic heterocycles. The molecule has 25 heavy (non-hydrogen) atoms. The van der Waals surface area contributed by atoms with Crippen molar-refractivity contribution >= 4 is 21.4 Å². The van der Waals surface area contributed by atoms with Gasteiger partial charge in [0.15, 0.2) is 5.82 Å². The number of hydrogen-bond donors (Lipinski definition) is 1. The minimum absolute atomic E-state index is 0.0597. The molecule has 0 saturated heterocycles.